The summed E-state index contributed by atoms with van der Waals surface area (Å²) < 4.78 is 11.2. The maximum absolute atomic E-state index is 5.60. The third-order valence-electron chi connectivity index (χ3n) is 2.71. The van der Waals surface area contributed by atoms with Gasteiger partial charge in [-0.2, -0.15) is 0 Å². The lowest BCUT2D eigenvalue weighted by Crippen LogP contribution is -2.07. The Kier molecular flexibility index (Phi) is 4.40. The van der Waals surface area contributed by atoms with E-state index >= 15 is 0 Å². The van der Waals surface area contributed by atoms with Gasteiger partial charge in [-0.15, -0.1) is 0 Å². The van der Waals surface area contributed by atoms with Crippen molar-refractivity contribution in [2.24, 2.45) is 0 Å². The molecule has 0 N–H and O–H groups in total. The molecule has 0 heterocycles. The van der Waals surface area contributed by atoms with Crippen LogP contribution in [0.3, 0.4) is 0 Å². The van der Waals surface area contributed by atoms with E-state index in [-0.39, 0.29) is 6.79 Å². The van der Waals surface area contributed by atoms with Crippen LogP contribution in [-0.2, 0) is 0 Å². The van der Waals surface area contributed by atoms with E-state index in [1.165, 1.54) is 0 Å². The first-order chi connectivity index (χ1) is 9.35. The number of benzene rings is 2. The molecule has 19 heavy (non-hydrogen) atoms. The maximum atomic E-state index is 5.60. The van der Waals surface area contributed by atoms with Crippen LogP contribution in [0.1, 0.15) is 11.1 Å². The molecule has 2 nitrogen and oxygen atoms in total. The molecule has 2 aromatic carbocycles. The molecule has 0 saturated heterocycles. The lowest BCUT2D eigenvalue weighted by molar-refractivity contribution is 0.119. The number of ether oxygens (including phenoxy) is 2. The van der Waals surface area contributed by atoms with E-state index < -0.39 is 0 Å². The minimum Gasteiger partial charge on any atom is -0.457 e. The highest BCUT2D eigenvalue weighted by Crippen LogP contribution is 2.21. The Hall–Kier alpha value is -2.48. The van der Waals surface area contributed by atoms with Crippen molar-refractivity contribution in [2.75, 3.05) is 6.79 Å². The van der Waals surface area contributed by atoms with Gasteiger partial charge in [0.1, 0.15) is 11.5 Å². The Morgan fingerprint density at radius 2 is 1.16 bits per heavy atom. The monoisotopic (exact) mass is 252 g/mol. The molecule has 0 aliphatic heterocycles. The second-order valence-electron chi connectivity index (χ2n) is 3.89. The normalized spacial score (nSPS) is 9.68. The summed E-state index contributed by atoms with van der Waals surface area (Å²) in [5.41, 5.74) is 1.89. The lowest BCUT2D eigenvalue weighted by Gasteiger charge is -2.12. The van der Waals surface area contributed by atoms with E-state index in [0.29, 0.717) is 0 Å². The van der Waals surface area contributed by atoms with Gasteiger partial charge in [0.2, 0.25) is 6.79 Å². The van der Waals surface area contributed by atoms with E-state index in [1.54, 1.807) is 12.2 Å². The van der Waals surface area contributed by atoms with Crippen LogP contribution in [0.4, 0.5) is 0 Å². The molecule has 0 amide bonds. The molecule has 0 bridgehead atoms. The Morgan fingerprint density at radius 3 is 1.58 bits per heavy atom. The number of para-hydroxylation sites is 2. The first kappa shape index (κ1) is 13.0. The lowest BCUT2D eigenvalue weighted by atomic mass is 10.2. The molecule has 0 radical (unpaired) electrons. The molecule has 0 spiro atoms. The van der Waals surface area contributed by atoms with Gasteiger partial charge in [0.05, 0.1) is 0 Å². The zero-order valence-corrected chi connectivity index (χ0v) is 10.7. The van der Waals surface area contributed by atoms with Crippen molar-refractivity contribution in [1.29, 1.82) is 0 Å². The minimum absolute atomic E-state index is 0.149. The summed E-state index contributed by atoms with van der Waals surface area (Å²) in [6.45, 7) is 7.65. The van der Waals surface area contributed by atoms with Gasteiger partial charge in [0, 0.05) is 11.1 Å². The van der Waals surface area contributed by atoms with Crippen molar-refractivity contribution in [1.82, 2.24) is 0 Å². The highest BCUT2D eigenvalue weighted by Gasteiger charge is 2.01. The molecule has 0 unspecified atom stereocenters. The molecular formula is C17H16O2. The molecule has 2 rings (SSSR count). The van der Waals surface area contributed by atoms with Gasteiger partial charge in [-0.25, -0.2) is 0 Å². The summed E-state index contributed by atoms with van der Waals surface area (Å²) in [6, 6.07) is 15.4. The van der Waals surface area contributed by atoms with E-state index in [0.717, 1.165) is 22.6 Å². The Bertz CT molecular complexity index is 521. The molecular weight excluding hydrogens is 236 g/mol. The van der Waals surface area contributed by atoms with Gasteiger partial charge in [-0.05, 0) is 12.1 Å². The topological polar surface area (TPSA) is 18.5 Å². The maximum Gasteiger partial charge on any atom is 0.230 e. The van der Waals surface area contributed by atoms with Crippen molar-refractivity contribution in [3.05, 3.63) is 72.8 Å². The first-order valence-electron chi connectivity index (χ1n) is 6.03. The zero-order chi connectivity index (χ0) is 13.5. The van der Waals surface area contributed by atoms with Crippen molar-refractivity contribution in [2.45, 2.75) is 0 Å². The van der Waals surface area contributed by atoms with Gasteiger partial charge in [-0.3, -0.25) is 0 Å². The Labute approximate surface area is 113 Å². The SMILES string of the molecule is C=Cc1ccccc1OCOc1ccccc1C=C. The highest BCUT2D eigenvalue weighted by molar-refractivity contribution is 5.56. The summed E-state index contributed by atoms with van der Waals surface area (Å²) in [4.78, 5) is 0. The van der Waals surface area contributed by atoms with E-state index in [2.05, 4.69) is 13.2 Å². The van der Waals surface area contributed by atoms with Gasteiger partial charge in [0.15, 0.2) is 0 Å². The fraction of sp³-hybridized carbons (Fsp3) is 0.0588. The fourth-order valence-electron chi connectivity index (χ4n) is 1.72. The quantitative estimate of drug-likeness (QED) is 0.710. The van der Waals surface area contributed by atoms with Crippen molar-refractivity contribution >= 4 is 12.2 Å². The van der Waals surface area contributed by atoms with Gasteiger partial charge in [-0.1, -0.05) is 61.7 Å². The number of hydrogen-bond acceptors (Lipinski definition) is 2. The Morgan fingerprint density at radius 1 is 0.737 bits per heavy atom. The number of hydrogen-bond donors (Lipinski definition) is 0. The third kappa shape index (κ3) is 3.26. The zero-order valence-electron chi connectivity index (χ0n) is 10.7. The molecule has 0 aliphatic carbocycles. The second kappa shape index (κ2) is 6.45. The number of rotatable bonds is 6. The smallest absolute Gasteiger partial charge is 0.230 e. The van der Waals surface area contributed by atoms with Crippen molar-refractivity contribution in [3.63, 3.8) is 0 Å². The molecule has 2 aromatic rings. The van der Waals surface area contributed by atoms with Gasteiger partial charge >= 0.3 is 0 Å². The summed E-state index contributed by atoms with van der Waals surface area (Å²) in [6.07, 6.45) is 3.51. The first-order valence-corrected chi connectivity index (χ1v) is 6.03. The fourth-order valence-corrected chi connectivity index (χ4v) is 1.72. The van der Waals surface area contributed by atoms with Crippen LogP contribution in [0.5, 0.6) is 11.5 Å². The molecule has 0 atom stereocenters. The molecule has 96 valence electrons. The van der Waals surface area contributed by atoms with Crippen LogP contribution in [0.2, 0.25) is 0 Å². The van der Waals surface area contributed by atoms with Gasteiger partial charge < -0.3 is 9.47 Å². The molecule has 0 aromatic heterocycles. The van der Waals surface area contributed by atoms with Crippen LogP contribution >= 0.6 is 0 Å². The van der Waals surface area contributed by atoms with Crippen LogP contribution in [0, 0.1) is 0 Å². The van der Waals surface area contributed by atoms with E-state index in [9.17, 15) is 0 Å². The van der Waals surface area contributed by atoms with E-state index in [4.69, 9.17) is 9.47 Å². The summed E-state index contributed by atoms with van der Waals surface area (Å²) in [5, 5.41) is 0. The van der Waals surface area contributed by atoms with Crippen LogP contribution in [-0.4, -0.2) is 6.79 Å². The second-order valence-corrected chi connectivity index (χ2v) is 3.89. The molecule has 0 saturated carbocycles. The average molecular weight is 252 g/mol. The molecule has 0 fully saturated rings. The Balaban J connectivity index is 2.00. The third-order valence-corrected chi connectivity index (χ3v) is 2.71. The molecule has 0 aliphatic rings. The summed E-state index contributed by atoms with van der Waals surface area (Å²) in [7, 11) is 0. The van der Waals surface area contributed by atoms with Crippen molar-refractivity contribution in [3.8, 4) is 11.5 Å². The summed E-state index contributed by atoms with van der Waals surface area (Å²) >= 11 is 0. The standard InChI is InChI=1S/C17H16O2/c1-3-14-9-5-7-11-16(14)18-13-19-17-12-8-6-10-15(17)4-2/h3-12H,1-2,13H2. The molecule has 2 heteroatoms. The predicted octanol–water partition coefficient (Wildman–Crippen LogP) is 4.39. The van der Waals surface area contributed by atoms with E-state index in [1.807, 2.05) is 48.5 Å². The van der Waals surface area contributed by atoms with Crippen LogP contribution in [0.25, 0.3) is 12.2 Å². The van der Waals surface area contributed by atoms with Crippen molar-refractivity contribution < 1.29 is 9.47 Å². The van der Waals surface area contributed by atoms with Crippen LogP contribution < -0.4 is 9.47 Å². The van der Waals surface area contributed by atoms with Gasteiger partial charge in [0.25, 0.3) is 0 Å². The average Bonchev–Trinajstić information content (AvgIpc) is 2.48. The summed E-state index contributed by atoms with van der Waals surface area (Å²) in [5.74, 6) is 1.52. The largest absolute Gasteiger partial charge is 0.457 e. The highest BCUT2D eigenvalue weighted by atomic mass is 16.7. The minimum atomic E-state index is 0.149. The predicted molar refractivity (Wildman–Crippen MR) is 79.2 cm³/mol. The van der Waals surface area contributed by atoms with Crippen LogP contribution in [0.15, 0.2) is 61.7 Å².